The summed E-state index contributed by atoms with van der Waals surface area (Å²) in [5, 5.41) is 7.14. The van der Waals surface area contributed by atoms with Gasteiger partial charge in [0.15, 0.2) is 0 Å². The molecule has 0 unspecified atom stereocenters. The number of alkyl carbamates (subject to hydrolysis) is 2. The Hall–Kier alpha value is -5.94. The van der Waals surface area contributed by atoms with Crippen LogP contribution in [0, 0.1) is 0 Å². The van der Waals surface area contributed by atoms with Crippen molar-refractivity contribution in [3.8, 4) is 22.5 Å². The summed E-state index contributed by atoms with van der Waals surface area (Å²) in [6, 6.07) is 9.54. The molecule has 2 saturated heterocycles. The first-order valence-electron chi connectivity index (χ1n) is 19.0. The molecule has 2 fully saturated rings. The summed E-state index contributed by atoms with van der Waals surface area (Å²) in [6.45, 7) is 4.49. The van der Waals surface area contributed by atoms with Gasteiger partial charge in [0.2, 0.25) is 11.8 Å². The molecule has 0 radical (unpaired) electrons. The molecule has 2 aromatic carbocycles. The van der Waals surface area contributed by atoms with Crippen molar-refractivity contribution in [2.24, 2.45) is 0 Å². The molecule has 4 N–H and O–H groups in total. The van der Waals surface area contributed by atoms with Crippen LogP contribution in [0.2, 0.25) is 0 Å². The first kappa shape index (κ1) is 39.3. The summed E-state index contributed by atoms with van der Waals surface area (Å²) in [5.74, 6) is 0.767. The summed E-state index contributed by atoms with van der Waals surface area (Å²) in [7, 11) is 5.48. The Morgan fingerprint density at radius 3 is 1.51 bits per heavy atom. The van der Waals surface area contributed by atoms with Crippen molar-refractivity contribution < 1.29 is 42.5 Å². The zero-order valence-corrected chi connectivity index (χ0v) is 32.8. The third-order valence-corrected chi connectivity index (χ3v) is 11.1. The number of carbonyl (C=O) groups is 4. The lowest BCUT2D eigenvalue weighted by atomic mass is 10.1. The molecule has 0 spiro atoms. The molecular formula is C40H48N8O9. The number of hydrogen-bond acceptors (Lipinski definition) is 11. The normalized spacial score (nSPS) is 19.1. The van der Waals surface area contributed by atoms with E-state index in [0.717, 1.165) is 46.1 Å². The number of benzene rings is 2. The van der Waals surface area contributed by atoms with Crippen molar-refractivity contribution in [2.75, 3.05) is 41.5 Å². The number of ether oxygens (including phenoxy) is 4. The highest BCUT2D eigenvalue weighted by Gasteiger charge is 2.40. The van der Waals surface area contributed by atoms with Gasteiger partial charge in [-0.3, -0.25) is 9.59 Å². The van der Waals surface area contributed by atoms with Crippen LogP contribution in [0.4, 0.5) is 9.59 Å². The van der Waals surface area contributed by atoms with Gasteiger partial charge < -0.3 is 53.8 Å². The van der Waals surface area contributed by atoms with Gasteiger partial charge in [-0.1, -0.05) is 12.1 Å². The van der Waals surface area contributed by atoms with E-state index in [-0.39, 0.29) is 23.9 Å². The van der Waals surface area contributed by atoms with Crippen LogP contribution in [0.1, 0.15) is 63.3 Å². The van der Waals surface area contributed by atoms with E-state index >= 15 is 0 Å². The molecule has 57 heavy (non-hydrogen) atoms. The fraction of sp³-hybridized carbons (Fsp3) is 0.450. The van der Waals surface area contributed by atoms with Gasteiger partial charge in [-0.15, -0.1) is 0 Å². The van der Waals surface area contributed by atoms with Crippen molar-refractivity contribution in [1.29, 1.82) is 0 Å². The predicted molar refractivity (Wildman–Crippen MR) is 208 cm³/mol. The minimum Gasteiger partial charge on any atom is -0.456 e. The van der Waals surface area contributed by atoms with Gasteiger partial charge in [-0.2, -0.15) is 0 Å². The van der Waals surface area contributed by atoms with Gasteiger partial charge in [0, 0.05) is 49.2 Å². The molecule has 0 saturated carbocycles. The Balaban J connectivity index is 1.09. The van der Waals surface area contributed by atoms with Gasteiger partial charge in [0.25, 0.3) is 0 Å². The summed E-state index contributed by atoms with van der Waals surface area (Å²) in [6.07, 6.45) is 3.95. The lowest BCUT2D eigenvalue weighted by molar-refractivity contribution is -0.138. The Labute approximate surface area is 328 Å². The maximum Gasteiger partial charge on any atom is 0.407 e. The number of amides is 4. The molecule has 6 atom stereocenters. The van der Waals surface area contributed by atoms with Crippen LogP contribution in [0.15, 0.2) is 53.2 Å². The second-order valence-electron chi connectivity index (χ2n) is 14.4. The number of nitrogens with zero attached hydrogens (tertiary/aromatic N) is 4. The van der Waals surface area contributed by atoms with Crippen molar-refractivity contribution in [3.05, 3.63) is 60.4 Å². The van der Waals surface area contributed by atoms with Gasteiger partial charge in [0.05, 0.1) is 62.3 Å². The third-order valence-electron chi connectivity index (χ3n) is 11.1. The second-order valence-corrected chi connectivity index (χ2v) is 14.4. The van der Waals surface area contributed by atoms with Crippen molar-refractivity contribution >= 4 is 45.9 Å². The number of hydrogen-bond donors (Lipinski definition) is 4. The molecule has 0 aliphatic carbocycles. The number of furan rings is 1. The van der Waals surface area contributed by atoms with Crippen LogP contribution >= 0.6 is 0 Å². The molecule has 17 heteroatoms. The average Bonchev–Trinajstić information content (AvgIpc) is 4.08. The molecule has 3 aromatic heterocycles. The Bertz CT molecular complexity index is 2110. The van der Waals surface area contributed by atoms with Crippen LogP contribution in [0.25, 0.3) is 44.5 Å². The standard InChI is InChI=1S/C40H48N8O9/c1-21(53-3)33(45-39(51)55-5)37(49)47-15-7-9-29(47)35-41-19-27(43-35)23-11-13-25-26-14-12-24(18-32(26)57-31(25)17-23)28-20-42-36(44-28)30-10-8-16-48(30)38(50)34(22(2)54-4)46-40(52)56-6/h11-14,17-22,29-30,33-34H,7-10,15-16H2,1-6H3,(H,41,43)(H,42,44)(H,45,51)(H,46,52)/t21-,22-,29+,30+,33+,34+/m1/s1. The van der Waals surface area contributed by atoms with Crippen LogP contribution in [-0.2, 0) is 28.5 Å². The van der Waals surface area contributed by atoms with E-state index in [0.29, 0.717) is 48.7 Å². The number of nitrogens with one attached hydrogen (secondary N) is 4. The number of rotatable bonds is 12. The number of aromatic amines is 2. The van der Waals surface area contributed by atoms with Crippen molar-refractivity contribution in [1.82, 2.24) is 40.4 Å². The summed E-state index contributed by atoms with van der Waals surface area (Å²) < 4.78 is 26.7. The van der Waals surface area contributed by atoms with Crippen LogP contribution in [-0.4, -0.2) is 120 Å². The molecule has 4 amide bonds. The monoisotopic (exact) mass is 784 g/mol. The third kappa shape index (κ3) is 7.76. The first-order valence-corrected chi connectivity index (χ1v) is 19.0. The lowest BCUT2D eigenvalue weighted by Crippen LogP contribution is -2.54. The largest absolute Gasteiger partial charge is 0.456 e. The minimum absolute atomic E-state index is 0.268. The number of fused-ring (bicyclic) bond motifs is 3. The Morgan fingerprint density at radius 1 is 0.702 bits per heavy atom. The number of carbonyl (C=O) groups excluding carboxylic acids is 4. The smallest absolute Gasteiger partial charge is 0.407 e. The SMILES string of the molecule is COC(=O)N[C@H](C(=O)N1CCC[C@H]1c1ncc(-c2ccc3c(c2)oc2cc(-c4cnc([C@@H]5CCCN5C(=O)[C@@H](NC(=O)OC)[C@@H](C)OC)[nH]4)ccc23)[nH]1)[C@@H](C)OC. The second kappa shape index (κ2) is 16.7. The predicted octanol–water partition coefficient (Wildman–Crippen LogP) is 5.21. The van der Waals surface area contributed by atoms with Gasteiger partial charge in [-0.05, 0) is 63.8 Å². The van der Waals surface area contributed by atoms with Crippen molar-refractivity contribution in [3.63, 3.8) is 0 Å². The fourth-order valence-electron chi connectivity index (χ4n) is 7.81. The Morgan fingerprint density at radius 2 is 1.12 bits per heavy atom. The van der Waals surface area contributed by atoms with Gasteiger partial charge in [-0.25, -0.2) is 19.6 Å². The number of methoxy groups -OCH3 is 4. The quantitative estimate of drug-likeness (QED) is 0.129. The van der Waals surface area contributed by atoms with E-state index in [2.05, 4.69) is 30.6 Å². The summed E-state index contributed by atoms with van der Waals surface area (Å²) in [4.78, 5) is 71.1. The summed E-state index contributed by atoms with van der Waals surface area (Å²) in [5.41, 5.74) is 4.68. The van der Waals surface area contributed by atoms with E-state index < -0.39 is 36.5 Å². The average molecular weight is 785 g/mol. The molecule has 0 bridgehead atoms. The van der Waals surface area contributed by atoms with Gasteiger partial charge in [0.1, 0.15) is 34.9 Å². The highest BCUT2D eigenvalue weighted by molar-refractivity contribution is 6.06. The topological polar surface area (TPSA) is 206 Å². The van der Waals surface area contributed by atoms with Crippen LogP contribution in [0.5, 0.6) is 0 Å². The number of imidazole rings is 2. The molecule has 302 valence electrons. The molecular weight excluding hydrogens is 736 g/mol. The minimum atomic E-state index is -0.918. The fourth-order valence-corrected chi connectivity index (χ4v) is 7.81. The zero-order valence-electron chi connectivity index (χ0n) is 32.8. The number of likely N-dealkylation sites (tertiary alicyclic amines) is 2. The molecule has 5 heterocycles. The number of H-pyrrole nitrogens is 2. The molecule has 17 nitrogen and oxygen atoms in total. The number of aromatic nitrogens is 4. The highest BCUT2D eigenvalue weighted by atomic mass is 16.5. The van der Waals surface area contributed by atoms with Crippen LogP contribution in [0.3, 0.4) is 0 Å². The lowest BCUT2D eigenvalue weighted by Gasteiger charge is -2.30. The maximum atomic E-state index is 13.7. The van der Waals surface area contributed by atoms with E-state index in [9.17, 15) is 19.2 Å². The van der Waals surface area contributed by atoms with Crippen molar-refractivity contribution in [2.45, 2.75) is 75.9 Å². The molecule has 2 aliphatic heterocycles. The molecule has 5 aromatic rings. The Kier molecular flexibility index (Phi) is 11.5. The highest BCUT2D eigenvalue weighted by Crippen LogP contribution is 2.37. The molecule has 7 rings (SSSR count). The van der Waals surface area contributed by atoms with Crippen LogP contribution < -0.4 is 10.6 Å². The van der Waals surface area contributed by atoms with E-state index in [1.807, 2.05) is 36.4 Å². The van der Waals surface area contributed by atoms with E-state index in [1.54, 1.807) is 36.0 Å². The van der Waals surface area contributed by atoms with E-state index in [4.69, 9.17) is 23.4 Å². The van der Waals surface area contributed by atoms with E-state index in [1.165, 1.54) is 28.4 Å². The first-order chi connectivity index (χ1) is 27.5. The zero-order chi connectivity index (χ0) is 40.4. The maximum absolute atomic E-state index is 13.7. The summed E-state index contributed by atoms with van der Waals surface area (Å²) >= 11 is 0. The van der Waals surface area contributed by atoms with Gasteiger partial charge >= 0.3 is 12.2 Å². The molecule has 2 aliphatic rings.